The number of fused-ring (bicyclic) bond motifs is 1. The zero-order valence-electron chi connectivity index (χ0n) is 11.9. The summed E-state index contributed by atoms with van der Waals surface area (Å²) in [5.74, 6) is 6.33. The average molecular weight is 270 g/mol. The van der Waals surface area contributed by atoms with E-state index in [4.69, 9.17) is 5.84 Å². The summed E-state index contributed by atoms with van der Waals surface area (Å²) in [5.41, 5.74) is 7.10. The van der Waals surface area contributed by atoms with Crippen LogP contribution in [0.15, 0.2) is 36.7 Å². The maximum Gasteiger partial charge on any atom is 0.0538 e. The molecule has 4 nitrogen and oxygen atoms in total. The zero-order valence-corrected chi connectivity index (χ0v) is 11.9. The number of benzene rings is 1. The number of hydrogen-bond acceptors (Lipinski definition) is 3. The second-order valence-corrected chi connectivity index (χ2v) is 5.62. The second-order valence-electron chi connectivity index (χ2n) is 5.62. The first kappa shape index (κ1) is 13.3. The highest BCUT2D eigenvalue weighted by molar-refractivity contribution is 5.33. The third-order valence-electron chi connectivity index (χ3n) is 4.20. The molecule has 4 heteroatoms. The Kier molecular flexibility index (Phi) is 3.85. The first-order valence-electron chi connectivity index (χ1n) is 7.37. The Morgan fingerprint density at radius 1 is 1.35 bits per heavy atom. The van der Waals surface area contributed by atoms with Gasteiger partial charge < -0.3 is 0 Å². The van der Waals surface area contributed by atoms with Crippen molar-refractivity contribution in [3.63, 3.8) is 0 Å². The first-order valence-corrected chi connectivity index (χ1v) is 7.37. The molecule has 3 rings (SSSR count). The van der Waals surface area contributed by atoms with Crippen molar-refractivity contribution in [1.29, 1.82) is 0 Å². The third kappa shape index (κ3) is 2.49. The highest BCUT2D eigenvalue weighted by atomic mass is 15.3. The zero-order chi connectivity index (χ0) is 13.9. The number of aromatic nitrogens is 2. The number of nitrogens with one attached hydrogen (secondary N) is 1. The SMILES string of the molecule is CCCn1cc(C(NN)C2Cc3ccccc3C2)cn1. The molecule has 1 unspecified atom stereocenters. The predicted octanol–water partition coefficient (Wildman–Crippen LogP) is 2.21. The standard InChI is InChI=1S/C16H22N4/c1-2-7-20-11-15(10-18-20)16(19-17)14-8-12-5-3-4-6-13(12)9-14/h3-6,10-11,14,16,19H,2,7-9,17H2,1H3. The summed E-state index contributed by atoms with van der Waals surface area (Å²) < 4.78 is 2.00. The average Bonchev–Trinajstić information content (AvgIpc) is 3.07. The number of hydrazine groups is 1. The van der Waals surface area contributed by atoms with Gasteiger partial charge in [0, 0.05) is 18.3 Å². The van der Waals surface area contributed by atoms with E-state index in [1.165, 1.54) is 16.7 Å². The lowest BCUT2D eigenvalue weighted by Gasteiger charge is -2.21. The summed E-state index contributed by atoms with van der Waals surface area (Å²) in [4.78, 5) is 0. The van der Waals surface area contributed by atoms with Gasteiger partial charge in [0.25, 0.3) is 0 Å². The molecule has 1 atom stereocenters. The van der Waals surface area contributed by atoms with Gasteiger partial charge in [0.05, 0.1) is 12.2 Å². The van der Waals surface area contributed by atoms with Crippen molar-refractivity contribution in [3.8, 4) is 0 Å². The third-order valence-corrected chi connectivity index (χ3v) is 4.20. The molecule has 0 aliphatic heterocycles. The van der Waals surface area contributed by atoms with Crippen LogP contribution in [0.1, 0.15) is 36.1 Å². The molecule has 0 bridgehead atoms. The van der Waals surface area contributed by atoms with Crippen LogP contribution in [0, 0.1) is 5.92 Å². The van der Waals surface area contributed by atoms with Crippen LogP contribution in [0.5, 0.6) is 0 Å². The number of nitrogens with zero attached hydrogens (tertiary/aromatic N) is 2. The fraction of sp³-hybridized carbons (Fsp3) is 0.438. The van der Waals surface area contributed by atoms with Crippen molar-refractivity contribution in [3.05, 3.63) is 53.3 Å². The molecule has 0 spiro atoms. The Balaban J connectivity index is 1.77. The Hall–Kier alpha value is -1.65. The first-order chi connectivity index (χ1) is 9.81. The van der Waals surface area contributed by atoms with Crippen LogP contribution < -0.4 is 11.3 Å². The van der Waals surface area contributed by atoms with Crippen molar-refractivity contribution in [2.45, 2.75) is 38.8 Å². The molecule has 3 N–H and O–H groups in total. The van der Waals surface area contributed by atoms with Gasteiger partial charge in [-0.15, -0.1) is 0 Å². The van der Waals surface area contributed by atoms with E-state index in [2.05, 4.69) is 47.9 Å². The molecule has 20 heavy (non-hydrogen) atoms. The van der Waals surface area contributed by atoms with Gasteiger partial charge in [-0.25, -0.2) is 0 Å². The summed E-state index contributed by atoms with van der Waals surface area (Å²) in [6.45, 7) is 3.12. The van der Waals surface area contributed by atoms with Crippen LogP contribution in [0.3, 0.4) is 0 Å². The van der Waals surface area contributed by atoms with E-state index >= 15 is 0 Å². The van der Waals surface area contributed by atoms with Crippen LogP contribution in [0.4, 0.5) is 0 Å². The minimum atomic E-state index is 0.174. The van der Waals surface area contributed by atoms with Gasteiger partial charge in [0.2, 0.25) is 0 Å². The van der Waals surface area contributed by atoms with Crippen molar-refractivity contribution in [2.24, 2.45) is 11.8 Å². The molecule has 1 aromatic carbocycles. The second kappa shape index (κ2) is 5.77. The Morgan fingerprint density at radius 3 is 2.65 bits per heavy atom. The minimum Gasteiger partial charge on any atom is -0.272 e. The van der Waals surface area contributed by atoms with E-state index in [1.807, 2.05) is 10.9 Å². The number of nitrogens with two attached hydrogens (primary N) is 1. The van der Waals surface area contributed by atoms with E-state index in [-0.39, 0.29) is 6.04 Å². The Morgan fingerprint density at radius 2 is 2.05 bits per heavy atom. The summed E-state index contributed by atoms with van der Waals surface area (Å²) in [5, 5.41) is 4.42. The van der Waals surface area contributed by atoms with Crippen molar-refractivity contribution in [1.82, 2.24) is 15.2 Å². The lowest BCUT2D eigenvalue weighted by molar-refractivity contribution is 0.379. The maximum atomic E-state index is 5.82. The molecule has 1 heterocycles. The molecule has 1 aliphatic rings. The lowest BCUT2D eigenvalue weighted by Crippen LogP contribution is -2.33. The van der Waals surface area contributed by atoms with Gasteiger partial charge >= 0.3 is 0 Å². The van der Waals surface area contributed by atoms with Crippen LogP contribution in [-0.4, -0.2) is 9.78 Å². The molecule has 1 aromatic heterocycles. The molecule has 0 radical (unpaired) electrons. The Labute approximate surface area is 120 Å². The molecule has 1 aliphatic carbocycles. The van der Waals surface area contributed by atoms with E-state index in [9.17, 15) is 0 Å². The van der Waals surface area contributed by atoms with Crippen LogP contribution in [0.2, 0.25) is 0 Å². The number of rotatable bonds is 5. The predicted molar refractivity (Wildman–Crippen MR) is 79.9 cm³/mol. The smallest absolute Gasteiger partial charge is 0.0538 e. The van der Waals surface area contributed by atoms with Crippen molar-refractivity contribution in [2.75, 3.05) is 0 Å². The maximum absolute atomic E-state index is 5.82. The van der Waals surface area contributed by atoms with Crippen molar-refractivity contribution < 1.29 is 0 Å². The van der Waals surface area contributed by atoms with Gasteiger partial charge in [-0.1, -0.05) is 31.2 Å². The fourth-order valence-electron chi connectivity index (χ4n) is 3.22. The molecule has 0 amide bonds. The molecule has 2 aromatic rings. The number of hydrogen-bond donors (Lipinski definition) is 2. The monoisotopic (exact) mass is 270 g/mol. The van der Waals surface area contributed by atoms with Gasteiger partial charge in [-0.2, -0.15) is 5.10 Å². The minimum absolute atomic E-state index is 0.174. The van der Waals surface area contributed by atoms with Gasteiger partial charge in [0.15, 0.2) is 0 Å². The van der Waals surface area contributed by atoms with Crippen LogP contribution in [0.25, 0.3) is 0 Å². The summed E-state index contributed by atoms with van der Waals surface area (Å²) in [6.07, 6.45) is 7.34. The Bertz CT molecular complexity index is 550. The molecular weight excluding hydrogens is 248 g/mol. The number of aryl methyl sites for hydroxylation is 1. The summed E-state index contributed by atoms with van der Waals surface area (Å²) >= 11 is 0. The molecule has 0 fully saturated rings. The molecule has 0 saturated heterocycles. The fourth-order valence-corrected chi connectivity index (χ4v) is 3.22. The van der Waals surface area contributed by atoms with Gasteiger partial charge in [-0.3, -0.25) is 16.0 Å². The summed E-state index contributed by atoms with van der Waals surface area (Å²) in [7, 11) is 0. The van der Waals surface area contributed by atoms with E-state index in [1.54, 1.807) is 0 Å². The van der Waals surface area contributed by atoms with Crippen LogP contribution >= 0.6 is 0 Å². The largest absolute Gasteiger partial charge is 0.272 e. The molecular formula is C16H22N4. The highest BCUT2D eigenvalue weighted by Crippen LogP contribution is 2.34. The molecule has 0 saturated carbocycles. The van der Waals surface area contributed by atoms with Crippen molar-refractivity contribution >= 4 is 0 Å². The lowest BCUT2D eigenvalue weighted by atomic mass is 9.93. The summed E-state index contributed by atoms with van der Waals surface area (Å²) in [6, 6.07) is 8.86. The van der Waals surface area contributed by atoms with E-state index in [0.29, 0.717) is 5.92 Å². The van der Waals surface area contributed by atoms with E-state index in [0.717, 1.165) is 25.8 Å². The molecule has 106 valence electrons. The highest BCUT2D eigenvalue weighted by Gasteiger charge is 2.29. The quantitative estimate of drug-likeness (QED) is 0.647. The van der Waals surface area contributed by atoms with Crippen LogP contribution in [-0.2, 0) is 19.4 Å². The van der Waals surface area contributed by atoms with Gasteiger partial charge in [0.1, 0.15) is 0 Å². The van der Waals surface area contributed by atoms with Gasteiger partial charge in [-0.05, 0) is 36.3 Å². The van der Waals surface area contributed by atoms with E-state index < -0.39 is 0 Å². The normalized spacial score (nSPS) is 16.3. The topological polar surface area (TPSA) is 55.9 Å².